The minimum absolute atomic E-state index is 0.0511. The number of hydrogen-bond acceptors (Lipinski definition) is 9. The monoisotopic (exact) mass is 526 g/mol. The van der Waals surface area contributed by atoms with Crippen molar-refractivity contribution in [1.82, 2.24) is 9.88 Å². The summed E-state index contributed by atoms with van der Waals surface area (Å²) < 4.78 is 41.1. The summed E-state index contributed by atoms with van der Waals surface area (Å²) in [7, 11) is -10.3. The van der Waals surface area contributed by atoms with Gasteiger partial charge in [-0.1, -0.05) is 32.0 Å². The normalized spacial score (nSPS) is 32.4. The number of ether oxygens (including phenoxy) is 1. The van der Waals surface area contributed by atoms with Gasteiger partial charge in [0.15, 0.2) is 0 Å². The summed E-state index contributed by atoms with van der Waals surface area (Å²) in [5, 5.41) is 7.65. The van der Waals surface area contributed by atoms with Gasteiger partial charge in [0.25, 0.3) is 5.08 Å². The largest absolute Gasteiger partial charge is 0.422 e. The first-order valence-corrected chi connectivity index (χ1v) is 13.7. The van der Waals surface area contributed by atoms with Crippen molar-refractivity contribution >= 4 is 27.2 Å². The quantitative estimate of drug-likeness (QED) is 0.500. The van der Waals surface area contributed by atoms with Crippen molar-refractivity contribution < 1.29 is 47.4 Å². The molecule has 2 saturated heterocycles. The Hall–Kier alpha value is -2.43. The van der Waals surface area contributed by atoms with Crippen LogP contribution < -0.4 is 4.74 Å². The zero-order valence-corrected chi connectivity index (χ0v) is 20.6. The van der Waals surface area contributed by atoms with Crippen LogP contribution in [-0.4, -0.2) is 48.4 Å². The number of likely N-dealkylation sites (tertiary alicyclic amines) is 1. The van der Waals surface area contributed by atoms with Crippen LogP contribution in [0, 0.1) is 5.41 Å². The molecule has 35 heavy (non-hydrogen) atoms. The molecule has 188 valence electrons. The fourth-order valence-electron chi connectivity index (χ4n) is 3.69. The van der Waals surface area contributed by atoms with Gasteiger partial charge >= 0.3 is 21.3 Å². The Morgan fingerprint density at radius 1 is 1.17 bits per heavy atom. The summed E-state index contributed by atoms with van der Waals surface area (Å²) in [6.07, 6.45) is -0.123. The number of carbonyl (C=O) groups excluding carboxylic acids is 2. The van der Waals surface area contributed by atoms with Gasteiger partial charge in [0.05, 0.1) is 0 Å². The lowest BCUT2D eigenvalue weighted by Gasteiger charge is -2.41. The highest BCUT2D eigenvalue weighted by molar-refractivity contribution is 7.73. The molecule has 14 heteroatoms. The van der Waals surface area contributed by atoms with E-state index in [9.17, 15) is 33.6 Å². The molecule has 2 aromatic rings. The Balaban J connectivity index is 1.49. The fourth-order valence-corrected chi connectivity index (χ4v) is 7.27. The van der Waals surface area contributed by atoms with Crippen molar-refractivity contribution in [3.63, 3.8) is 0 Å². The van der Waals surface area contributed by atoms with Gasteiger partial charge in [0.2, 0.25) is 12.2 Å². The highest BCUT2D eigenvalue weighted by Crippen LogP contribution is 2.79. The predicted molar refractivity (Wildman–Crippen MR) is 120 cm³/mol. The Morgan fingerprint density at radius 2 is 1.80 bits per heavy atom. The van der Waals surface area contributed by atoms with E-state index >= 15 is 0 Å². The number of carbonyl (C=O) groups is 2. The fraction of sp³-hybridized carbons (Fsp3) is 0.381. The van der Waals surface area contributed by atoms with Gasteiger partial charge in [-0.3, -0.25) is 28.0 Å². The van der Waals surface area contributed by atoms with E-state index in [1.165, 1.54) is 48.8 Å². The van der Waals surface area contributed by atoms with E-state index in [-0.39, 0.29) is 29.3 Å². The molecule has 3 heterocycles. The number of pyridine rings is 1. The molecule has 2 fully saturated rings. The molecule has 0 spiro atoms. The van der Waals surface area contributed by atoms with Gasteiger partial charge < -0.3 is 19.6 Å². The maximum atomic E-state index is 12.9. The van der Waals surface area contributed by atoms with Crippen LogP contribution in [0.3, 0.4) is 0 Å². The SMILES string of the molecule is CC1(C)CCN(C(=O)Oc2ccc(C3OP(=O)(O)C(O)(Cc4cccnc4)P(=O)(O)O3)cc2)C1=O. The number of amides is 2. The van der Waals surface area contributed by atoms with E-state index in [0.29, 0.717) is 6.42 Å². The molecular weight excluding hydrogens is 502 g/mol. The summed E-state index contributed by atoms with van der Waals surface area (Å²) in [5.41, 5.74) is -0.390. The standard InChI is InChI=1S/C21H24N2O10P2/c1-20(2)9-11-23(18(20)24)19(25)31-16-7-5-15(6-8-16)17-32-34(27,28)21(26,35(29,30)33-17)12-14-4-3-10-22-13-14/h3-8,10,13,17,26H,9,11-12H2,1-2H3,(H,27,28)(H,29,30). The highest BCUT2D eigenvalue weighted by Gasteiger charge is 2.67. The average Bonchev–Trinajstić information content (AvgIpc) is 3.05. The Kier molecular flexibility index (Phi) is 6.53. The minimum atomic E-state index is -5.13. The Bertz CT molecular complexity index is 1210. The number of aliphatic hydroxyl groups is 1. The first-order chi connectivity index (χ1) is 16.3. The summed E-state index contributed by atoms with van der Waals surface area (Å²) in [5.74, 6) is -0.293. The second kappa shape index (κ2) is 8.90. The van der Waals surface area contributed by atoms with Crippen LogP contribution >= 0.6 is 15.2 Å². The number of aromatic nitrogens is 1. The third-order valence-corrected chi connectivity index (χ3v) is 10.5. The first-order valence-electron chi connectivity index (χ1n) is 10.5. The number of imide groups is 1. The van der Waals surface area contributed by atoms with Crippen molar-refractivity contribution in [2.45, 2.75) is 38.1 Å². The first kappa shape index (κ1) is 25.7. The molecule has 0 radical (unpaired) electrons. The molecule has 2 aliphatic heterocycles. The lowest BCUT2D eigenvalue weighted by molar-refractivity contribution is -0.132. The highest BCUT2D eigenvalue weighted by atomic mass is 31.2. The van der Waals surface area contributed by atoms with Crippen molar-refractivity contribution in [3.8, 4) is 5.75 Å². The number of rotatable bonds is 4. The second-order valence-electron chi connectivity index (χ2n) is 8.92. The van der Waals surface area contributed by atoms with Crippen LogP contribution in [0.1, 0.15) is 37.7 Å². The van der Waals surface area contributed by atoms with Gasteiger partial charge in [0.1, 0.15) is 5.75 Å². The lowest BCUT2D eigenvalue weighted by Crippen LogP contribution is -2.38. The molecule has 1 aromatic heterocycles. The summed E-state index contributed by atoms with van der Waals surface area (Å²) in [6.45, 7) is 3.70. The number of benzene rings is 1. The molecule has 4 rings (SSSR count). The van der Waals surface area contributed by atoms with Crippen molar-refractivity contribution in [3.05, 3.63) is 59.9 Å². The van der Waals surface area contributed by atoms with E-state index in [1.54, 1.807) is 13.8 Å². The third-order valence-electron chi connectivity index (χ3n) is 5.91. The van der Waals surface area contributed by atoms with Crippen LogP contribution in [0.2, 0.25) is 0 Å². The predicted octanol–water partition coefficient (Wildman–Crippen LogP) is 3.14. The minimum Gasteiger partial charge on any atom is -0.410 e. The van der Waals surface area contributed by atoms with Crippen molar-refractivity contribution in [2.24, 2.45) is 5.41 Å². The van der Waals surface area contributed by atoms with Gasteiger partial charge in [-0.25, -0.2) is 9.69 Å². The Morgan fingerprint density at radius 3 is 2.31 bits per heavy atom. The lowest BCUT2D eigenvalue weighted by atomic mass is 9.92. The topological polar surface area (TPSA) is 173 Å². The molecule has 2 unspecified atom stereocenters. The zero-order valence-electron chi connectivity index (χ0n) is 18.8. The second-order valence-corrected chi connectivity index (χ2v) is 13.3. The molecule has 1 aromatic carbocycles. The van der Waals surface area contributed by atoms with Gasteiger partial charge in [-0.2, -0.15) is 0 Å². The van der Waals surface area contributed by atoms with Crippen LogP contribution in [0.5, 0.6) is 5.75 Å². The van der Waals surface area contributed by atoms with Crippen LogP contribution in [0.4, 0.5) is 4.79 Å². The molecule has 2 aliphatic rings. The summed E-state index contributed by atoms with van der Waals surface area (Å²) >= 11 is 0. The third kappa shape index (κ3) is 4.71. The molecule has 3 N–H and O–H groups in total. The smallest absolute Gasteiger partial charge is 0.410 e. The van der Waals surface area contributed by atoms with Gasteiger partial charge in [-0.15, -0.1) is 0 Å². The molecule has 0 bridgehead atoms. The molecule has 0 aliphatic carbocycles. The van der Waals surface area contributed by atoms with E-state index < -0.39 is 44.5 Å². The van der Waals surface area contributed by atoms with E-state index in [1.807, 2.05) is 0 Å². The zero-order chi connectivity index (χ0) is 25.6. The van der Waals surface area contributed by atoms with Crippen molar-refractivity contribution in [1.29, 1.82) is 0 Å². The van der Waals surface area contributed by atoms with Crippen LogP contribution in [-0.2, 0) is 29.4 Å². The van der Waals surface area contributed by atoms with E-state index in [2.05, 4.69) is 4.98 Å². The number of nitrogens with zero attached hydrogens (tertiary/aromatic N) is 2. The summed E-state index contributed by atoms with van der Waals surface area (Å²) in [6, 6.07) is 8.11. The van der Waals surface area contributed by atoms with E-state index in [4.69, 9.17) is 13.8 Å². The van der Waals surface area contributed by atoms with Gasteiger partial charge in [0, 0.05) is 36.3 Å². The molecule has 0 saturated carbocycles. The average molecular weight is 526 g/mol. The molecule has 2 amide bonds. The maximum Gasteiger partial charge on any atom is 0.422 e. The van der Waals surface area contributed by atoms with Crippen molar-refractivity contribution in [2.75, 3.05) is 6.54 Å². The van der Waals surface area contributed by atoms with Gasteiger partial charge in [-0.05, 0) is 30.2 Å². The maximum absolute atomic E-state index is 12.9. The van der Waals surface area contributed by atoms with E-state index in [0.717, 1.165) is 4.90 Å². The molecule has 12 nitrogen and oxygen atoms in total. The Labute approximate surface area is 200 Å². The molecule has 2 atom stereocenters. The molecular formula is C21H24N2O10P2. The number of hydrogen-bond donors (Lipinski definition) is 3. The summed E-state index contributed by atoms with van der Waals surface area (Å²) in [4.78, 5) is 50.3. The van der Waals surface area contributed by atoms with Crippen LogP contribution in [0.25, 0.3) is 0 Å². The van der Waals surface area contributed by atoms with Crippen LogP contribution in [0.15, 0.2) is 48.8 Å².